The molecule has 10 heteroatoms. The Hall–Kier alpha value is -2.78. The maximum absolute atomic E-state index is 12.2. The first-order valence-corrected chi connectivity index (χ1v) is 8.79. The van der Waals surface area contributed by atoms with E-state index >= 15 is 0 Å². The molecule has 1 fully saturated rings. The highest BCUT2D eigenvalue weighted by Crippen LogP contribution is 2.24. The van der Waals surface area contributed by atoms with Gasteiger partial charge < -0.3 is 15.2 Å². The molecule has 150 valence electrons. The standard InChI is InChI=1S/C17H26N4O6/c1-10-8-21(15(25)19-14(10)24)20(9-13(22)23)12-7-5-6-11(12)18-16(26)27-17(2,3)4/h8,11-12H,5-7,9H2,1-4H3,(H,18,26)(H,22,23)(H,19,24,25)/t11-,12+/m0/s1. The molecule has 0 radical (unpaired) electrons. The van der Waals surface area contributed by atoms with Crippen molar-refractivity contribution in [2.24, 2.45) is 0 Å². The number of carbonyl (C=O) groups is 2. The van der Waals surface area contributed by atoms with Crippen molar-refractivity contribution in [3.63, 3.8) is 0 Å². The fourth-order valence-electron chi connectivity index (χ4n) is 3.16. The number of carboxylic acids is 1. The minimum atomic E-state index is -1.13. The van der Waals surface area contributed by atoms with Crippen LogP contribution in [0.3, 0.4) is 0 Å². The van der Waals surface area contributed by atoms with E-state index < -0.39 is 47.5 Å². The van der Waals surface area contributed by atoms with Crippen molar-refractivity contribution in [2.75, 3.05) is 11.6 Å². The molecule has 2 atom stereocenters. The van der Waals surface area contributed by atoms with Crippen LogP contribution in [0.15, 0.2) is 15.8 Å². The van der Waals surface area contributed by atoms with Gasteiger partial charge in [0.05, 0.1) is 12.1 Å². The number of amides is 1. The Bertz CT molecular complexity index is 822. The van der Waals surface area contributed by atoms with Gasteiger partial charge in [-0.25, -0.2) is 14.3 Å². The lowest BCUT2D eigenvalue weighted by Gasteiger charge is -2.34. The summed E-state index contributed by atoms with van der Waals surface area (Å²) in [6, 6.07) is -0.824. The molecule has 0 saturated heterocycles. The number of aryl methyl sites for hydroxylation is 1. The molecule has 1 amide bonds. The number of alkyl carbamates (subject to hydrolysis) is 1. The number of rotatable bonds is 5. The Kier molecular flexibility index (Phi) is 5.97. The zero-order chi connectivity index (χ0) is 20.4. The molecule has 1 aliphatic carbocycles. The molecule has 1 heterocycles. The first-order chi connectivity index (χ1) is 12.5. The van der Waals surface area contributed by atoms with Crippen LogP contribution in [0.2, 0.25) is 0 Å². The molecule has 1 saturated carbocycles. The molecule has 1 aromatic heterocycles. The van der Waals surface area contributed by atoms with Gasteiger partial charge in [0.25, 0.3) is 5.56 Å². The van der Waals surface area contributed by atoms with Crippen LogP contribution in [0.4, 0.5) is 4.79 Å². The third-order valence-electron chi connectivity index (χ3n) is 4.24. The maximum atomic E-state index is 12.2. The van der Waals surface area contributed by atoms with Crippen molar-refractivity contribution in [1.82, 2.24) is 15.0 Å². The minimum Gasteiger partial charge on any atom is -0.480 e. The van der Waals surface area contributed by atoms with Crippen LogP contribution in [-0.4, -0.2) is 51.1 Å². The van der Waals surface area contributed by atoms with E-state index in [1.807, 2.05) is 0 Å². The van der Waals surface area contributed by atoms with Crippen molar-refractivity contribution in [1.29, 1.82) is 0 Å². The molecule has 1 aromatic rings. The van der Waals surface area contributed by atoms with Gasteiger partial charge in [-0.15, -0.1) is 0 Å². The van der Waals surface area contributed by atoms with Crippen LogP contribution < -0.4 is 21.6 Å². The highest BCUT2D eigenvalue weighted by Gasteiger charge is 2.36. The lowest BCUT2D eigenvalue weighted by molar-refractivity contribution is -0.135. The average Bonchev–Trinajstić information content (AvgIpc) is 2.94. The predicted octanol–water partition coefficient (Wildman–Crippen LogP) is 0.313. The molecule has 10 nitrogen and oxygen atoms in total. The Labute approximate surface area is 156 Å². The summed E-state index contributed by atoms with van der Waals surface area (Å²) in [5.41, 5.74) is -1.64. The van der Waals surface area contributed by atoms with Crippen LogP contribution in [0.1, 0.15) is 45.6 Å². The van der Waals surface area contributed by atoms with Gasteiger partial charge >= 0.3 is 17.8 Å². The van der Waals surface area contributed by atoms with Crippen LogP contribution in [0.5, 0.6) is 0 Å². The molecule has 1 aliphatic rings. The molecule has 0 bridgehead atoms. The predicted molar refractivity (Wildman–Crippen MR) is 97.6 cm³/mol. The summed E-state index contributed by atoms with van der Waals surface area (Å²) in [6.07, 6.45) is 2.67. The van der Waals surface area contributed by atoms with Gasteiger partial charge in [0.15, 0.2) is 0 Å². The Balaban J connectivity index is 2.31. The number of carbonyl (C=O) groups excluding carboxylic acids is 1. The van der Waals surface area contributed by atoms with E-state index in [-0.39, 0.29) is 5.56 Å². The average molecular weight is 382 g/mol. The fourth-order valence-corrected chi connectivity index (χ4v) is 3.16. The molecule has 0 unspecified atom stereocenters. The van der Waals surface area contributed by atoms with Crippen LogP contribution in [0, 0.1) is 6.92 Å². The second-order valence-electron chi connectivity index (χ2n) is 7.66. The SMILES string of the molecule is Cc1cn(N(CC(=O)O)[C@@H]2CCC[C@@H]2NC(=O)OC(C)(C)C)c(=O)[nH]c1=O. The van der Waals surface area contributed by atoms with Crippen molar-refractivity contribution >= 4 is 12.1 Å². The summed E-state index contributed by atoms with van der Waals surface area (Å²) in [7, 11) is 0. The first kappa shape index (κ1) is 20.5. The molecule has 0 aromatic carbocycles. The number of nitrogens with zero attached hydrogens (tertiary/aromatic N) is 2. The van der Waals surface area contributed by atoms with Gasteiger partial charge in [-0.2, -0.15) is 0 Å². The van der Waals surface area contributed by atoms with Crippen LogP contribution in [-0.2, 0) is 9.53 Å². The number of carboxylic acid groups (broad SMARTS) is 1. The second-order valence-corrected chi connectivity index (χ2v) is 7.66. The van der Waals surface area contributed by atoms with E-state index in [9.17, 15) is 24.3 Å². The second kappa shape index (κ2) is 7.85. The maximum Gasteiger partial charge on any atom is 0.407 e. The number of hydrogen-bond acceptors (Lipinski definition) is 6. The zero-order valence-electron chi connectivity index (χ0n) is 15.9. The summed E-state index contributed by atoms with van der Waals surface area (Å²) < 4.78 is 6.37. The van der Waals surface area contributed by atoms with Crippen molar-refractivity contribution in [3.8, 4) is 0 Å². The van der Waals surface area contributed by atoms with Gasteiger partial charge in [0.2, 0.25) is 0 Å². The van der Waals surface area contributed by atoms with Crippen molar-refractivity contribution in [2.45, 2.75) is 64.6 Å². The van der Waals surface area contributed by atoms with E-state index in [0.29, 0.717) is 12.8 Å². The number of H-pyrrole nitrogens is 1. The lowest BCUT2D eigenvalue weighted by Crippen LogP contribution is -2.58. The lowest BCUT2D eigenvalue weighted by atomic mass is 10.1. The Morgan fingerprint density at radius 3 is 2.63 bits per heavy atom. The summed E-state index contributed by atoms with van der Waals surface area (Å²) in [5, 5.41) is 13.4. The van der Waals surface area contributed by atoms with E-state index in [1.54, 1.807) is 20.8 Å². The number of aromatic nitrogens is 2. The van der Waals surface area contributed by atoms with E-state index in [0.717, 1.165) is 11.1 Å². The number of ether oxygens (including phenoxy) is 1. The summed E-state index contributed by atoms with van der Waals surface area (Å²) >= 11 is 0. The Morgan fingerprint density at radius 2 is 2.04 bits per heavy atom. The number of nitrogens with one attached hydrogen (secondary N) is 2. The van der Waals surface area contributed by atoms with Crippen molar-refractivity contribution in [3.05, 3.63) is 32.6 Å². The Morgan fingerprint density at radius 1 is 1.37 bits per heavy atom. The largest absolute Gasteiger partial charge is 0.480 e. The number of aliphatic carboxylic acids is 1. The third-order valence-corrected chi connectivity index (χ3v) is 4.24. The third kappa shape index (κ3) is 5.35. The molecule has 2 rings (SSSR count). The highest BCUT2D eigenvalue weighted by molar-refractivity contribution is 5.71. The first-order valence-electron chi connectivity index (χ1n) is 8.79. The topological polar surface area (TPSA) is 134 Å². The molecule has 27 heavy (non-hydrogen) atoms. The number of aromatic amines is 1. The zero-order valence-corrected chi connectivity index (χ0v) is 15.9. The molecule has 0 spiro atoms. The van der Waals surface area contributed by atoms with Gasteiger partial charge in [0.1, 0.15) is 12.1 Å². The summed E-state index contributed by atoms with van der Waals surface area (Å²) in [4.78, 5) is 49.6. The summed E-state index contributed by atoms with van der Waals surface area (Å²) in [6.45, 7) is 6.32. The van der Waals surface area contributed by atoms with E-state index in [2.05, 4.69) is 10.3 Å². The van der Waals surface area contributed by atoms with Gasteiger partial charge in [-0.05, 0) is 47.0 Å². The van der Waals surface area contributed by atoms with E-state index in [4.69, 9.17) is 4.74 Å². The van der Waals surface area contributed by atoms with Gasteiger partial charge in [-0.3, -0.25) is 19.6 Å². The smallest absolute Gasteiger partial charge is 0.407 e. The monoisotopic (exact) mass is 382 g/mol. The molecular formula is C17H26N4O6. The van der Waals surface area contributed by atoms with Crippen molar-refractivity contribution < 1.29 is 19.4 Å². The fraction of sp³-hybridized carbons (Fsp3) is 0.647. The van der Waals surface area contributed by atoms with Gasteiger partial charge in [-0.1, -0.05) is 0 Å². The molecule has 3 N–H and O–H groups in total. The molecular weight excluding hydrogens is 356 g/mol. The normalized spacial score (nSPS) is 19.6. The van der Waals surface area contributed by atoms with Crippen LogP contribution in [0.25, 0.3) is 0 Å². The van der Waals surface area contributed by atoms with E-state index in [1.165, 1.54) is 18.1 Å². The van der Waals surface area contributed by atoms with Gasteiger partial charge in [0, 0.05) is 11.8 Å². The minimum absolute atomic E-state index is 0.277. The van der Waals surface area contributed by atoms with Crippen LogP contribution >= 0.6 is 0 Å². The quantitative estimate of drug-likeness (QED) is 0.667. The highest BCUT2D eigenvalue weighted by atomic mass is 16.6. The summed E-state index contributed by atoms with van der Waals surface area (Å²) in [5.74, 6) is -1.13. The molecule has 0 aliphatic heterocycles. The number of hydrogen-bond donors (Lipinski definition) is 3.